The number of halogens is 2. The predicted molar refractivity (Wildman–Crippen MR) is 146 cm³/mol. The lowest BCUT2D eigenvalue weighted by atomic mass is 9.88. The summed E-state index contributed by atoms with van der Waals surface area (Å²) in [4.78, 5) is 19.5. The highest BCUT2D eigenvalue weighted by atomic mass is 35.5. The first-order chi connectivity index (χ1) is 19.3. The van der Waals surface area contributed by atoms with Crippen molar-refractivity contribution in [3.63, 3.8) is 0 Å². The van der Waals surface area contributed by atoms with Gasteiger partial charge in [-0.05, 0) is 69.5 Å². The number of hydrogen-bond acceptors (Lipinski definition) is 7. The number of piperidine rings is 1. The van der Waals surface area contributed by atoms with Crippen LogP contribution in [0, 0.1) is 5.82 Å². The minimum Gasteiger partial charge on any atom is -0.461 e. The van der Waals surface area contributed by atoms with Crippen molar-refractivity contribution in [1.29, 1.82) is 0 Å². The van der Waals surface area contributed by atoms with Crippen LogP contribution in [0.1, 0.15) is 66.5 Å². The summed E-state index contributed by atoms with van der Waals surface area (Å²) in [6.45, 7) is 7.56. The van der Waals surface area contributed by atoms with E-state index in [0.29, 0.717) is 47.5 Å². The highest BCUT2D eigenvalue weighted by Gasteiger charge is 2.43. The molecule has 2 aromatic carbocycles. The van der Waals surface area contributed by atoms with Crippen LogP contribution >= 0.6 is 11.6 Å². The molecule has 3 aromatic rings. The quantitative estimate of drug-likeness (QED) is 0.324. The second kappa shape index (κ2) is 11.0. The van der Waals surface area contributed by atoms with Crippen molar-refractivity contribution < 1.29 is 28.1 Å². The number of para-hydroxylation sites is 1. The van der Waals surface area contributed by atoms with Gasteiger partial charge in [-0.1, -0.05) is 23.7 Å². The Balaban J connectivity index is 1.14. The third-order valence-corrected chi connectivity index (χ3v) is 8.26. The molecule has 0 spiro atoms. The summed E-state index contributed by atoms with van der Waals surface area (Å²) in [6.07, 6.45) is 4.53. The van der Waals surface area contributed by atoms with Crippen LogP contribution in [0.5, 0.6) is 11.5 Å². The van der Waals surface area contributed by atoms with E-state index in [9.17, 15) is 9.18 Å². The Hall–Kier alpha value is -3.14. The van der Waals surface area contributed by atoms with E-state index in [2.05, 4.69) is 16.0 Å². The number of ether oxygens (including phenoxy) is 4. The van der Waals surface area contributed by atoms with Gasteiger partial charge in [0.05, 0.1) is 37.6 Å². The van der Waals surface area contributed by atoms with Crippen LogP contribution in [-0.2, 0) is 28.4 Å². The van der Waals surface area contributed by atoms with Crippen molar-refractivity contribution in [2.24, 2.45) is 0 Å². The number of esters is 1. The molecular formula is C30H33ClFN3O5. The molecule has 40 heavy (non-hydrogen) atoms. The summed E-state index contributed by atoms with van der Waals surface area (Å²) in [5.74, 6) is 0.305. The third-order valence-electron chi connectivity index (χ3n) is 8.03. The largest absolute Gasteiger partial charge is 0.461 e. The fraction of sp³-hybridized carbons (Fsp3) is 0.467. The van der Waals surface area contributed by atoms with Crippen LogP contribution in [0.2, 0.25) is 5.02 Å². The molecule has 0 unspecified atom stereocenters. The molecule has 0 N–H and O–H groups in total. The average molecular weight is 570 g/mol. The number of carbonyl (C=O) groups is 1. The van der Waals surface area contributed by atoms with Gasteiger partial charge >= 0.3 is 5.97 Å². The minimum absolute atomic E-state index is 0.0984. The molecule has 0 amide bonds. The van der Waals surface area contributed by atoms with Crippen molar-refractivity contribution in [3.8, 4) is 11.5 Å². The predicted octanol–water partition coefficient (Wildman–Crippen LogP) is 5.66. The van der Waals surface area contributed by atoms with Crippen molar-refractivity contribution in [2.45, 2.75) is 64.0 Å². The molecule has 0 bridgehead atoms. The second-order valence-electron chi connectivity index (χ2n) is 10.7. The number of likely N-dealkylation sites (tertiary alicyclic amines) is 1. The Kier molecular flexibility index (Phi) is 7.46. The lowest BCUT2D eigenvalue weighted by molar-refractivity contribution is -0.0712. The summed E-state index contributed by atoms with van der Waals surface area (Å²) < 4.78 is 40.1. The van der Waals surface area contributed by atoms with Crippen LogP contribution in [0.25, 0.3) is 0 Å². The monoisotopic (exact) mass is 569 g/mol. The first kappa shape index (κ1) is 27.1. The topological polar surface area (TPSA) is 75.0 Å². The van der Waals surface area contributed by atoms with Gasteiger partial charge in [0.1, 0.15) is 17.3 Å². The number of rotatable bonds is 8. The zero-order valence-electron chi connectivity index (χ0n) is 22.7. The molecule has 1 aromatic heterocycles. The van der Waals surface area contributed by atoms with Crippen LogP contribution in [-0.4, -0.2) is 52.8 Å². The Morgan fingerprint density at radius 1 is 1.20 bits per heavy atom. The molecule has 0 saturated carbocycles. The molecule has 10 heteroatoms. The Bertz CT molecular complexity index is 1400. The van der Waals surface area contributed by atoms with Gasteiger partial charge < -0.3 is 23.5 Å². The molecule has 2 fully saturated rings. The number of benzene rings is 2. The standard InChI is InChI=1S/C30H33ClFN3O5/c1-3-37-29(36)25-16-33-27(35(25)17-21-11-14-38-21)18-34-12-9-19(10-13-34)22-5-4-6-26-28(22)40-30(2,39-26)23-8-7-20(31)15-24(23)32/h4-8,15-16,19,21H,3,9-14,17-18H2,1-2H3/t21-,30-/m0/s1. The Morgan fingerprint density at radius 2 is 2.00 bits per heavy atom. The zero-order chi connectivity index (χ0) is 27.9. The van der Waals surface area contributed by atoms with E-state index in [4.69, 9.17) is 30.5 Å². The summed E-state index contributed by atoms with van der Waals surface area (Å²) in [6, 6.07) is 10.4. The number of fused-ring (bicyclic) bond motifs is 1. The Labute approximate surface area is 237 Å². The van der Waals surface area contributed by atoms with Gasteiger partial charge in [-0.25, -0.2) is 14.2 Å². The molecule has 4 heterocycles. The fourth-order valence-electron chi connectivity index (χ4n) is 5.78. The van der Waals surface area contributed by atoms with Gasteiger partial charge in [-0.15, -0.1) is 0 Å². The van der Waals surface area contributed by atoms with E-state index >= 15 is 0 Å². The zero-order valence-corrected chi connectivity index (χ0v) is 23.5. The smallest absolute Gasteiger partial charge is 0.356 e. The van der Waals surface area contributed by atoms with Gasteiger partial charge in [0.2, 0.25) is 0 Å². The normalized spacial score (nSPS) is 22.8. The number of imidazole rings is 1. The van der Waals surface area contributed by atoms with Gasteiger partial charge in [-0.2, -0.15) is 0 Å². The van der Waals surface area contributed by atoms with E-state index < -0.39 is 11.6 Å². The number of carbonyl (C=O) groups excluding carboxylic acids is 1. The fourth-order valence-corrected chi connectivity index (χ4v) is 5.94. The molecule has 2 saturated heterocycles. The molecule has 0 aliphatic carbocycles. The lowest BCUT2D eigenvalue weighted by Crippen LogP contribution is -2.36. The molecular weight excluding hydrogens is 537 g/mol. The van der Waals surface area contributed by atoms with Crippen molar-refractivity contribution >= 4 is 17.6 Å². The SMILES string of the molecule is CCOC(=O)c1cnc(CN2CCC(c3cccc4c3O[C@@](C)(c3ccc(Cl)cc3F)O4)CC2)n1C[C@@H]1CCO1. The average Bonchev–Trinajstić information content (AvgIpc) is 3.47. The van der Waals surface area contributed by atoms with E-state index in [1.54, 1.807) is 32.2 Å². The number of hydrogen-bond donors (Lipinski definition) is 0. The van der Waals surface area contributed by atoms with Crippen molar-refractivity contribution in [2.75, 3.05) is 26.3 Å². The van der Waals surface area contributed by atoms with Crippen LogP contribution in [0.3, 0.4) is 0 Å². The maximum atomic E-state index is 14.8. The number of nitrogens with zero attached hydrogens (tertiary/aromatic N) is 3. The highest BCUT2D eigenvalue weighted by molar-refractivity contribution is 6.30. The van der Waals surface area contributed by atoms with E-state index in [-0.39, 0.29) is 18.0 Å². The van der Waals surface area contributed by atoms with Crippen molar-refractivity contribution in [1.82, 2.24) is 14.5 Å². The molecule has 2 atom stereocenters. The van der Waals surface area contributed by atoms with Gasteiger partial charge in [-0.3, -0.25) is 4.90 Å². The molecule has 6 rings (SSSR count). The van der Waals surface area contributed by atoms with Crippen LogP contribution in [0.15, 0.2) is 42.6 Å². The summed E-state index contributed by atoms with van der Waals surface area (Å²) in [7, 11) is 0. The molecule has 3 aliphatic heterocycles. The molecule has 3 aliphatic rings. The van der Waals surface area contributed by atoms with Crippen LogP contribution < -0.4 is 9.47 Å². The molecule has 8 nitrogen and oxygen atoms in total. The third kappa shape index (κ3) is 5.18. The summed E-state index contributed by atoms with van der Waals surface area (Å²) in [5.41, 5.74) is 1.85. The lowest BCUT2D eigenvalue weighted by Gasteiger charge is -2.33. The van der Waals surface area contributed by atoms with Gasteiger partial charge in [0, 0.05) is 24.1 Å². The van der Waals surface area contributed by atoms with Gasteiger partial charge in [0.25, 0.3) is 5.79 Å². The van der Waals surface area contributed by atoms with Gasteiger partial charge in [0.15, 0.2) is 11.5 Å². The number of aromatic nitrogens is 2. The first-order valence-corrected chi connectivity index (χ1v) is 14.2. The summed E-state index contributed by atoms with van der Waals surface area (Å²) >= 11 is 5.96. The molecule has 0 radical (unpaired) electrons. The Morgan fingerprint density at radius 3 is 2.70 bits per heavy atom. The maximum Gasteiger partial charge on any atom is 0.356 e. The van der Waals surface area contributed by atoms with Crippen LogP contribution in [0.4, 0.5) is 4.39 Å². The second-order valence-corrected chi connectivity index (χ2v) is 11.1. The van der Waals surface area contributed by atoms with E-state index in [0.717, 1.165) is 50.3 Å². The maximum absolute atomic E-state index is 14.8. The van der Waals surface area contributed by atoms with E-state index in [1.165, 1.54) is 6.07 Å². The van der Waals surface area contributed by atoms with E-state index in [1.807, 2.05) is 16.7 Å². The molecule has 212 valence electrons. The summed E-state index contributed by atoms with van der Waals surface area (Å²) in [5, 5.41) is 0.323. The van der Waals surface area contributed by atoms with Crippen molar-refractivity contribution in [3.05, 3.63) is 76.1 Å². The minimum atomic E-state index is -1.27. The highest BCUT2D eigenvalue weighted by Crippen LogP contribution is 2.49. The first-order valence-electron chi connectivity index (χ1n) is 13.9.